The Morgan fingerprint density at radius 3 is 2.81 bits per heavy atom. The molecule has 0 bridgehead atoms. The van der Waals surface area contributed by atoms with Crippen molar-refractivity contribution in [1.82, 2.24) is 4.98 Å². The lowest BCUT2D eigenvalue weighted by molar-refractivity contribution is 0.0699. The molecule has 0 fully saturated rings. The van der Waals surface area contributed by atoms with Crippen LogP contribution in [0.3, 0.4) is 0 Å². The van der Waals surface area contributed by atoms with E-state index in [0.717, 1.165) is 5.39 Å². The number of rotatable bonds is 2. The number of para-hydroxylation sites is 1. The van der Waals surface area contributed by atoms with Gasteiger partial charge in [-0.3, -0.25) is 4.98 Å². The first-order valence-electron chi connectivity index (χ1n) is 8.79. The van der Waals surface area contributed by atoms with Gasteiger partial charge in [0.25, 0.3) is 0 Å². The zero-order chi connectivity index (χ0) is 19.2. The molecule has 0 saturated heterocycles. The van der Waals surface area contributed by atoms with Gasteiger partial charge >= 0.3 is 5.97 Å². The van der Waals surface area contributed by atoms with Crippen LogP contribution in [0.25, 0.3) is 10.9 Å². The second-order valence-electron chi connectivity index (χ2n) is 7.64. The molecule has 0 radical (unpaired) electrons. The Morgan fingerprint density at radius 2 is 2.04 bits per heavy atom. The molecular formula is C21H20N2O4. The number of carbonyl (C=O) groups excluding carboxylic acids is 1. The number of ether oxygens (including phenoxy) is 1. The lowest BCUT2D eigenvalue weighted by Crippen LogP contribution is -2.27. The second kappa shape index (κ2) is 6.23. The molecular weight excluding hydrogens is 344 g/mol. The van der Waals surface area contributed by atoms with E-state index in [0.29, 0.717) is 46.7 Å². The third-order valence-electron chi connectivity index (χ3n) is 4.90. The van der Waals surface area contributed by atoms with Gasteiger partial charge in [-0.05, 0) is 30.9 Å². The Balaban J connectivity index is 1.72. The monoisotopic (exact) mass is 364 g/mol. The number of fused-ring (bicyclic) bond motifs is 2. The highest BCUT2D eigenvalue weighted by atomic mass is 16.5. The zero-order valence-corrected chi connectivity index (χ0v) is 15.4. The number of oxime groups is 1. The van der Waals surface area contributed by atoms with E-state index in [2.05, 4.69) is 24.0 Å². The summed E-state index contributed by atoms with van der Waals surface area (Å²) < 4.78 is 11.5. The predicted molar refractivity (Wildman–Crippen MR) is 101 cm³/mol. The van der Waals surface area contributed by atoms with Crippen LogP contribution in [0.15, 0.2) is 46.1 Å². The highest BCUT2D eigenvalue weighted by Crippen LogP contribution is 2.39. The summed E-state index contributed by atoms with van der Waals surface area (Å²) >= 11 is 0. The van der Waals surface area contributed by atoms with Gasteiger partial charge in [0, 0.05) is 29.1 Å². The van der Waals surface area contributed by atoms with E-state index in [1.54, 1.807) is 19.2 Å². The number of benzene rings is 1. The molecule has 6 heteroatoms. The predicted octanol–water partition coefficient (Wildman–Crippen LogP) is 4.51. The van der Waals surface area contributed by atoms with Gasteiger partial charge in [0.05, 0.1) is 5.71 Å². The van der Waals surface area contributed by atoms with Crippen molar-refractivity contribution in [2.45, 2.75) is 33.6 Å². The van der Waals surface area contributed by atoms with Crippen molar-refractivity contribution >= 4 is 22.6 Å². The zero-order valence-electron chi connectivity index (χ0n) is 15.4. The van der Waals surface area contributed by atoms with Crippen molar-refractivity contribution in [1.29, 1.82) is 0 Å². The van der Waals surface area contributed by atoms with Gasteiger partial charge in [-0.1, -0.05) is 37.2 Å². The molecule has 2 heterocycles. The highest BCUT2D eigenvalue weighted by molar-refractivity contribution is 6.06. The molecule has 2 aromatic heterocycles. The number of furan rings is 1. The number of hydrogen-bond donors (Lipinski definition) is 1. The Hall–Kier alpha value is -3.15. The van der Waals surface area contributed by atoms with E-state index in [1.807, 2.05) is 24.3 Å². The molecule has 0 spiro atoms. The van der Waals surface area contributed by atoms with Crippen molar-refractivity contribution in [3.8, 4) is 5.75 Å². The summed E-state index contributed by atoms with van der Waals surface area (Å²) in [6.45, 7) is 5.92. The number of carbonyl (C=O) groups is 1. The van der Waals surface area contributed by atoms with Crippen LogP contribution in [0.2, 0.25) is 0 Å². The van der Waals surface area contributed by atoms with Crippen molar-refractivity contribution in [2.24, 2.45) is 10.6 Å². The van der Waals surface area contributed by atoms with Gasteiger partial charge in [-0.2, -0.15) is 0 Å². The van der Waals surface area contributed by atoms with Gasteiger partial charge in [0.15, 0.2) is 5.75 Å². The summed E-state index contributed by atoms with van der Waals surface area (Å²) in [4.78, 5) is 17.1. The topological polar surface area (TPSA) is 84.9 Å². The minimum atomic E-state index is -0.588. The van der Waals surface area contributed by atoms with Crippen LogP contribution >= 0.6 is 0 Å². The molecule has 0 unspecified atom stereocenters. The van der Waals surface area contributed by atoms with Gasteiger partial charge < -0.3 is 14.4 Å². The summed E-state index contributed by atoms with van der Waals surface area (Å²) in [7, 11) is 0. The molecule has 27 heavy (non-hydrogen) atoms. The van der Waals surface area contributed by atoms with E-state index in [4.69, 9.17) is 9.15 Å². The number of aromatic nitrogens is 1. The van der Waals surface area contributed by atoms with Crippen LogP contribution in [0.5, 0.6) is 5.75 Å². The van der Waals surface area contributed by atoms with Gasteiger partial charge in [-0.25, -0.2) is 4.79 Å². The first-order chi connectivity index (χ1) is 12.9. The summed E-state index contributed by atoms with van der Waals surface area (Å²) in [5.41, 5.74) is 2.38. The molecule has 1 aliphatic rings. The quantitative estimate of drug-likeness (QED) is 0.313. The molecule has 6 nitrogen and oxygen atoms in total. The molecule has 138 valence electrons. The Bertz CT molecular complexity index is 1070. The maximum atomic E-state index is 12.8. The number of nitrogens with zero attached hydrogens (tertiary/aromatic N) is 2. The molecule has 0 amide bonds. The first-order valence-corrected chi connectivity index (χ1v) is 8.79. The maximum Gasteiger partial charge on any atom is 0.380 e. The Kier molecular flexibility index (Phi) is 3.98. The van der Waals surface area contributed by atoms with Crippen molar-refractivity contribution in [2.75, 3.05) is 0 Å². The Labute approximate surface area is 156 Å². The fourth-order valence-electron chi connectivity index (χ4n) is 3.70. The minimum Gasteiger partial charge on any atom is -0.453 e. The van der Waals surface area contributed by atoms with E-state index in [9.17, 15) is 10.0 Å². The lowest BCUT2D eigenvalue weighted by Gasteiger charge is -2.28. The largest absolute Gasteiger partial charge is 0.453 e. The molecule has 0 saturated carbocycles. The fourth-order valence-corrected chi connectivity index (χ4v) is 3.70. The SMILES string of the molecule is Cc1c(C(=O)Oc2cccc3cccnc23)oc2c1/C(=N/O)CC(C)(C)C2. The second-order valence-corrected chi connectivity index (χ2v) is 7.64. The van der Waals surface area contributed by atoms with E-state index in [1.165, 1.54) is 0 Å². The van der Waals surface area contributed by atoms with Crippen LogP contribution in [0.4, 0.5) is 0 Å². The maximum absolute atomic E-state index is 12.8. The molecule has 4 rings (SSSR count). The minimum absolute atomic E-state index is 0.112. The summed E-state index contributed by atoms with van der Waals surface area (Å²) in [5, 5.41) is 13.7. The molecule has 1 aliphatic carbocycles. The van der Waals surface area contributed by atoms with E-state index < -0.39 is 5.97 Å². The molecule has 0 atom stereocenters. The van der Waals surface area contributed by atoms with Crippen LogP contribution in [0.1, 0.15) is 47.7 Å². The number of esters is 1. The number of hydrogen-bond acceptors (Lipinski definition) is 6. The van der Waals surface area contributed by atoms with Crippen LogP contribution < -0.4 is 4.74 Å². The van der Waals surface area contributed by atoms with Crippen molar-refractivity contribution in [3.63, 3.8) is 0 Å². The van der Waals surface area contributed by atoms with Crippen LogP contribution in [-0.2, 0) is 6.42 Å². The van der Waals surface area contributed by atoms with E-state index in [-0.39, 0.29) is 11.2 Å². The summed E-state index contributed by atoms with van der Waals surface area (Å²) in [6, 6.07) is 9.15. The molecule has 3 aromatic rings. The summed E-state index contributed by atoms with van der Waals surface area (Å²) in [6.07, 6.45) is 2.92. The molecule has 0 aliphatic heterocycles. The van der Waals surface area contributed by atoms with Crippen LogP contribution in [0, 0.1) is 12.3 Å². The fraction of sp³-hybridized carbons (Fsp3) is 0.286. The highest BCUT2D eigenvalue weighted by Gasteiger charge is 2.36. The number of pyridine rings is 1. The third-order valence-corrected chi connectivity index (χ3v) is 4.90. The normalized spacial score (nSPS) is 17.1. The summed E-state index contributed by atoms with van der Waals surface area (Å²) in [5.74, 6) is 0.574. The van der Waals surface area contributed by atoms with Crippen molar-refractivity contribution < 1.29 is 19.2 Å². The smallest absolute Gasteiger partial charge is 0.380 e. The standard InChI is InChI=1S/C21H20N2O4/c1-12-17-14(23-25)10-21(2,3)11-16(17)26-19(12)20(24)27-15-8-4-6-13-7-5-9-22-18(13)15/h4-9,25H,10-11H2,1-3H3/b23-14+. The first kappa shape index (κ1) is 17.3. The molecule has 1 N–H and O–H groups in total. The average molecular weight is 364 g/mol. The van der Waals surface area contributed by atoms with Crippen molar-refractivity contribution in [3.05, 3.63) is 59.2 Å². The third kappa shape index (κ3) is 2.97. The Morgan fingerprint density at radius 1 is 1.26 bits per heavy atom. The van der Waals surface area contributed by atoms with Gasteiger partial charge in [-0.15, -0.1) is 0 Å². The average Bonchev–Trinajstić information content (AvgIpc) is 2.96. The molecule has 1 aromatic carbocycles. The van der Waals surface area contributed by atoms with Gasteiger partial charge in [0.2, 0.25) is 5.76 Å². The van der Waals surface area contributed by atoms with Gasteiger partial charge in [0.1, 0.15) is 11.3 Å². The van der Waals surface area contributed by atoms with E-state index >= 15 is 0 Å². The lowest BCUT2D eigenvalue weighted by atomic mass is 9.75. The van der Waals surface area contributed by atoms with Crippen LogP contribution in [-0.4, -0.2) is 21.9 Å².